The van der Waals surface area contributed by atoms with Crippen molar-refractivity contribution in [3.63, 3.8) is 0 Å². The van der Waals surface area contributed by atoms with Gasteiger partial charge < -0.3 is 19.7 Å². The number of ether oxygens (including phenoxy) is 2. The van der Waals surface area contributed by atoms with Crippen molar-refractivity contribution in [2.24, 2.45) is 0 Å². The van der Waals surface area contributed by atoms with E-state index in [0.29, 0.717) is 48.9 Å². The first-order chi connectivity index (χ1) is 14.1. The van der Waals surface area contributed by atoms with Gasteiger partial charge in [0.05, 0.1) is 30.9 Å². The van der Waals surface area contributed by atoms with Gasteiger partial charge in [-0.1, -0.05) is 18.2 Å². The van der Waals surface area contributed by atoms with E-state index in [1.54, 1.807) is 53.4 Å². The predicted molar refractivity (Wildman–Crippen MR) is 105 cm³/mol. The van der Waals surface area contributed by atoms with Gasteiger partial charge in [-0.05, 0) is 24.3 Å². The number of hydrogen-bond acceptors (Lipinski definition) is 5. The quantitative estimate of drug-likeness (QED) is 0.785. The summed E-state index contributed by atoms with van der Waals surface area (Å²) < 4.78 is 10.9. The molecule has 2 aliphatic rings. The second kappa shape index (κ2) is 8.32. The minimum Gasteiger partial charge on any atom is -0.492 e. The second-order valence-corrected chi connectivity index (χ2v) is 6.71. The fourth-order valence-corrected chi connectivity index (χ4v) is 3.33. The Labute approximate surface area is 168 Å². The molecule has 2 heterocycles. The first-order valence-electron chi connectivity index (χ1n) is 9.45. The number of morpholine rings is 1. The van der Waals surface area contributed by atoms with Crippen LogP contribution in [0.5, 0.6) is 5.75 Å². The second-order valence-electron chi connectivity index (χ2n) is 6.71. The number of urea groups is 1. The van der Waals surface area contributed by atoms with Gasteiger partial charge in [0.25, 0.3) is 11.8 Å². The van der Waals surface area contributed by atoms with Crippen LogP contribution in [-0.2, 0) is 4.74 Å². The SMILES string of the molecule is O=C(Nc1cccc(OCCN2C(=O)c3ccccc3C2=O)c1)N1CCOCC1. The number of rotatable bonds is 5. The molecule has 2 aliphatic heterocycles. The predicted octanol–water partition coefficient (Wildman–Crippen LogP) is 2.23. The Morgan fingerprint density at radius 2 is 1.69 bits per heavy atom. The number of anilines is 1. The molecule has 0 atom stereocenters. The fourth-order valence-electron chi connectivity index (χ4n) is 3.33. The third-order valence-electron chi connectivity index (χ3n) is 4.85. The molecule has 8 heteroatoms. The van der Waals surface area contributed by atoms with Crippen molar-refractivity contribution in [1.82, 2.24) is 9.80 Å². The van der Waals surface area contributed by atoms with Gasteiger partial charge in [0, 0.05) is 24.8 Å². The minimum absolute atomic E-state index is 0.150. The van der Waals surface area contributed by atoms with Crippen LogP contribution in [0.25, 0.3) is 0 Å². The molecular formula is C21H21N3O5. The van der Waals surface area contributed by atoms with Crippen molar-refractivity contribution in [3.8, 4) is 5.75 Å². The lowest BCUT2D eigenvalue weighted by Crippen LogP contribution is -2.43. The first-order valence-corrected chi connectivity index (χ1v) is 9.45. The van der Waals surface area contributed by atoms with Crippen LogP contribution in [0, 0.1) is 0 Å². The number of nitrogens with one attached hydrogen (secondary N) is 1. The lowest BCUT2D eigenvalue weighted by Gasteiger charge is -2.27. The van der Waals surface area contributed by atoms with Gasteiger partial charge in [0.1, 0.15) is 12.4 Å². The number of carbonyl (C=O) groups excluding carboxylic acids is 3. The average molecular weight is 395 g/mol. The summed E-state index contributed by atoms with van der Waals surface area (Å²) in [6.07, 6.45) is 0. The zero-order valence-corrected chi connectivity index (χ0v) is 15.8. The van der Waals surface area contributed by atoms with E-state index < -0.39 is 0 Å². The smallest absolute Gasteiger partial charge is 0.322 e. The van der Waals surface area contributed by atoms with Crippen LogP contribution in [0.3, 0.4) is 0 Å². The van der Waals surface area contributed by atoms with Crippen molar-refractivity contribution in [1.29, 1.82) is 0 Å². The number of nitrogens with zero attached hydrogens (tertiary/aromatic N) is 2. The summed E-state index contributed by atoms with van der Waals surface area (Å²) in [6, 6.07) is 13.6. The van der Waals surface area contributed by atoms with E-state index in [9.17, 15) is 14.4 Å². The topological polar surface area (TPSA) is 88.2 Å². The normalized spacial score (nSPS) is 16.0. The number of amides is 4. The lowest BCUT2D eigenvalue weighted by molar-refractivity contribution is 0.0564. The molecule has 1 fully saturated rings. The van der Waals surface area contributed by atoms with Crippen LogP contribution < -0.4 is 10.1 Å². The molecule has 2 aromatic rings. The fraction of sp³-hybridized carbons (Fsp3) is 0.286. The highest BCUT2D eigenvalue weighted by Crippen LogP contribution is 2.23. The molecule has 0 aliphatic carbocycles. The van der Waals surface area contributed by atoms with Crippen LogP contribution in [-0.4, -0.2) is 67.1 Å². The summed E-state index contributed by atoms with van der Waals surface area (Å²) >= 11 is 0. The van der Waals surface area contributed by atoms with Gasteiger partial charge in [-0.15, -0.1) is 0 Å². The molecule has 0 radical (unpaired) electrons. The number of benzene rings is 2. The van der Waals surface area contributed by atoms with Gasteiger partial charge >= 0.3 is 6.03 Å². The molecule has 0 unspecified atom stereocenters. The van der Waals surface area contributed by atoms with E-state index in [2.05, 4.69) is 5.32 Å². The van der Waals surface area contributed by atoms with Crippen molar-refractivity contribution in [2.45, 2.75) is 0 Å². The van der Waals surface area contributed by atoms with Gasteiger partial charge in [0.15, 0.2) is 0 Å². The molecule has 0 bridgehead atoms. The zero-order valence-electron chi connectivity index (χ0n) is 15.8. The monoisotopic (exact) mass is 395 g/mol. The van der Waals surface area contributed by atoms with E-state index >= 15 is 0 Å². The molecular weight excluding hydrogens is 374 g/mol. The Balaban J connectivity index is 1.32. The van der Waals surface area contributed by atoms with Gasteiger partial charge in [-0.3, -0.25) is 14.5 Å². The van der Waals surface area contributed by atoms with Gasteiger partial charge in [-0.2, -0.15) is 0 Å². The maximum Gasteiger partial charge on any atom is 0.322 e. The molecule has 0 saturated carbocycles. The molecule has 29 heavy (non-hydrogen) atoms. The van der Waals surface area contributed by atoms with Crippen LogP contribution in [0.15, 0.2) is 48.5 Å². The minimum atomic E-state index is -0.305. The van der Waals surface area contributed by atoms with Crippen LogP contribution >= 0.6 is 0 Å². The summed E-state index contributed by atoms with van der Waals surface area (Å²) in [5.41, 5.74) is 1.45. The Kier molecular flexibility index (Phi) is 5.44. The maximum absolute atomic E-state index is 12.4. The molecule has 0 spiro atoms. The van der Waals surface area contributed by atoms with Crippen LogP contribution in [0.1, 0.15) is 20.7 Å². The molecule has 4 rings (SSSR count). The van der Waals surface area contributed by atoms with Crippen molar-refractivity contribution >= 4 is 23.5 Å². The summed E-state index contributed by atoms with van der Waals surface area (Å²) in [6.45, 7) is 2.50. The number of fused-ring (bicyclic) bond motifs is 1. The van der Waals surface area contributed by atoms with Gasteiger partial charge in [0.2, 0.25) is 0 Å². The van der Waals surface area contributed by atoms with E-state index in [4.69, 9.17) is 9.47 Å². The standard InChI is InChI=1S/C21H21N3O5/c25-19-17-6-1-2-7-18(17)20(26)24(19)10-13-29-16-5-3-4-15(14-16)22-21(27)23-8-11-28-12-9-23/h1-7,14H,8-13H2,(H,22,27). The van der Waals surface area contributed by atoms with Crippen molar-refractivity contribution < 1.29 is 23.9 Å². The highest BCUT2D eigenvalue weighted by molar-refractivity contribution is 6.21. The number of hydrogen-bond donors (Lipinski definition) is 1. The molecule has 0 aromatic heterocycles. The van der Waals surface area contributed by atoms with Crippen LogP contribution in [0.2, 0.25) is 0 Å². The Morgan fingerprint density at radius 3 is 2.38 bits per heavy atom. The summed E-state index contributed by atoms with van der Waals surface area (Å²) in [4.78, 5) is 39.9. The molecule has 150 valence electrons. The van der Waals surface area contributed by atoms with Crippen molar-refractivity contribution in [3.05, 3.63) is 59.7 Å². The zero-order chi connectivity index (χ0) is 20.2. The average Bonchev–Trinajstić information content (AvgIpc) is 3.00. The van der Waals surface area contributed by atoms with Crippen molar-refractivity contribution in [2.75, 3.05) is 44.8 Å². The first kappa shape index (κ1) is 18.9. The molecule has 8 nitrogen and oxygen atoms in total. The molecule has 1 N–H and O–H groups in total. The Morgan fingerprint density at radius 1 is 1.00 bits per heavy atom. The maximum atomic E-state index is 12.4. The summed E-state index contributed by atoms with van der Waals surface area (Å²) in [7, 11) is 0. The highest BCUT2D eigenvalue weighted by atomic mass is 16.5. The Hall–Kier alpha value is -3.39. The summed E-state index contributed by atoms with van der Waals surface area (Å²) in [5, 5.41) is 2.84. The van der Waals surface area contributed by atoms with Crippen LogP contribution in [0.4, 0.5) is 10.5 Å². The number of imide groups is 1. The third kappa shape index (κ3) is 4.07. The number of carbonyl (C=O) groups is 3. The molecule has 2 aromatic carbocycles. The highest BCUT2D eigenvalue weighted by Gasteiger charge is 2.34. The van der Waals surface area contributed by atoms with Gasteiger partial charge in [-0.25, -0.2) is 4.79 Å². The Bertz CT molecular complexity index is 904. The molecule has 1 saturated heterocycles. The van der Waals surface area contributed by atoms with E-state index in [1.807, 2.05) is 0 Å². The summed E-state index contributed by atoms with van der Waals surface area (Å²) in [5.74, 6) is -0.0668. The lowest BCUT2D eigenvalue weighted by atomic mass is 10.1. The largest absolute Gasteiger partial charge is 0.492 e. The third-order valence-corrected chi connectivity index (χ3v) is 4.85. The van der Waals surface area contributed by atoms with E-state index in [0.717, 1.165) is 0 Å². The van der Waals surface area contributed by atoms with E-state index in [-0.39, 0.29) is 31.0 Å². The van der Waals surface area contributed by atoms with E-state index in [1.165, 1.54) is 4.90 Å². The molecule has 4 amide bonds.